The van der Waals surface area contributed by atoms with Gasteiger partial charge in [0.2, 0.25) is 0 Å². The van der Waals surface area contributed by atoms with E-state index < -0.39 is 6.09 Å². The molecule has 0 fully saturated rings. The maximum Gasteiger partial charge on any atom is 0.409 e. The van der Waals surface area contributed by atoms with E-state index >= 15 is 0 Å². The molecule has 0 saturated heterocycles. The molecular weight excluding hydrogens is 334 g/mol. The Hall–Kier alpha value is -2.44. The third-order valence-electron chi connectivity index (χ3n) is 4.07. The molecule has 3 rings (SSSR count). The van der Waals surface area contributed by atoms with Crippen LogP contribution in [0, 0.1) is 0 Å². The zero-order valence-electron chi connectivity index (χ0n) is 14.4. The fourth-order valence-corrected chi connectivity index (χ4v) is 3.71. The number of ether oxygens (including phenoxy) is 1. The zero-order valence-corrected chi connectivity index (χ0v) is 15.2. The van der Waals surface area contributed by atoms with Gasteiger partial charge in [-0.1, -0.05) is 19.9 Å². The van der Waals surface area contributed by atoms with Crippen molar-refractivity contribution >= 4 is 27.6 Å². The fourth-order valence-electron chi connectivity index (χ4n) is 2.68. The largest absolute Gasteiger partial charge is 0.411 e. The molecule has 0 bridgehead atoms. The maximum absolute atomic E-state index is 10.8. The Morgan fingerprint density at radius 1 is 1.16 bits per heavy atom. The van der Waals surface area contributed by atoms with E-state index in [2.05, 4.69) is 36.9 Å². The van der Waals surface area contributed by atoms with Gasteiger partial charge in [0.25, 0.3) is 0 Å². The summed E-state index contributed by atoms with van der Waals surface area (Å²) in [5.74, 6) is 0.430. The number of thiazole rings is 1. The first-order valence-electron chi connectivity index (χ1n) is 8.28. The highest BCUT2D eigenvalue weighted by atomic mass is 32.1. The molecule has 2 aromatic carbocycles. The Morgan fingerprint density at radius 2 is 1.88 bits per heavy atom. The van der Waals surface area contributed by atoms with Crippen molar-refractivity contribution in [2.24, 2.45) is 5.73 Å². The van der Waals surface area contributed by atoms with Crippen LogP contribution in [0.4, 0.5) is 4.79 Å². The van der Waals surface area contributed by atoms with Crippen LogP contribution in [0.2, 0.25) is 0 Å². The lowest BCUT2D eigenvalue weighted by Gasteiger charge is -2.17. The smallest absolute Gasteiger partial charge is 0.409 e. The lowest BCUT2D eigenvalue weighted by Crippen LogP contribution is -2.21. The van der Waals surface area contributed by atoms with E-state index in [1.807, 2.05) is 12.1 Å². The molecule has 1 heterocycles. The predicted molar refractivity (Wildman–Crippen MR) is 102 cm³/mol. The second kappa shape index (κ2) is 7.63. The SMILES string of the molecule is CCN(CC)Cc1ccc2nc(-c3ccc(OC(N)=O)cc3)sc2c1. The predicted octanol–water partition coefficient (Wildman–Crippen LogP) is 4.26. The average Bonchev–Trinajstić information content (AvgIpc) is 3.03. The molecule has 0 aliphatic heterocycles. The van der Waals surface area contributed by atoms with Crippen molar-refractivity contribution in [2.75, 3.05) is 13.1 Å². The van der Waals surface area contributed by atoms with E-state index in [0.29, 0.717) is 5.75 Å². The molecule has 5 nitrogen and oxygen atoms in total. The molecule has 0 atom stereocenters. The molecule has 2 N–H and O–H groups in total. The summed E-state index contributed by atoms with van der Waals surface area (Å²) in [7, 11) is 0. The molecule has 0 spiro atoms. The Labute approximate surface area is 151 Å². The summed E-state index contributed by atoms with van der Waals surface area (Å²) >= 11 is 1.66. The first-order chi connectivity index (χ1) is 12.1. The van der Waals surface area contributed by atoms with Gasteiger partial charge in [-0.05, 0) is 55.1 Å². The van der Waals surface area contributed by atoms with Crippen LogP contribution < -0.4 is 10.5 Å². The van der Waals surface area contributed by atoms with Gasteiger partial charge < -0.3 is 10.5 Å². The number of carbonyl (C=O) groups is 1. The number of amides is 1. The Morgan fingerprint density at radius 3 is 2.52 bits per heavy atom. The van der Waals surface area contributed by atoms with E-state index in [9.17, 15) is 4.79 Å². The Balaban J connectivity index is 1.84. The van der Waals surface area contributed by atoms with Gasteiger partial charge in [-0.25, -0.2) is 9.78 Å². The number of benzene rings is 2. The number of hydrogen-bond donors (Lipinski definition) is 1. The number of carbonyl (C=O) groups excluding carboxylic acids is 1. The van der Waals surface area contributed by atoms with Crippen LogP contribution in [0.3, 0.4) is 0 Å². The fraction of sp³-hybridized carbons (Fsp3) is 0.263. The molecule has 25 heavy (non-hydrogen) atoms. The van der Waals surface area contributed by atoms with Crippen LogP contribution in [-0.4, -0.2) is 29.1 Å². The lowest BCUT2D eigenvalue weighted by atomic mass is 10.2. The molecule has 6 heteroatoms. The topological polar surface area (TPSA) is 68.5 Å². The normalized spacial score (nSPS) is 11.2. The number of fused-ring (bicyclic) bond motifs is 1. The van der Waals surface area contributed by atoms with Gasteiger partial charge >= 0.3 is 6.09 Å². The number of nitrogens with zero attached hydrogens (tertiary/aromatic N) is 2. The van der Waals surface area contributed by atoms with Crippen LogP contribution >= 0.6 is 11.3 Å². The standard InChI is InChI=1S/C19H21N3O2S/c1-3-22(4-2)12-13-5-10-16-17(11-13)25-18(21-16)14-6-8-15(9-7-14)24-19(20)23/h5-11H,3-4,12H2,1-2H3,(H2,20,23). The first-order valence-corrected chi connectivity index (χ1v) is 9.10. The summed E-state index contributed by atoms with van der Waals surface area (Å²) in [6.07, 6.45) is -0.812. The monoisotopic (exact) mass is 355 g/mol. The summed E-state index contributed by atoms with van der Waals surface area (Å²) < 4.78 is 6.03. The van der Waals surface area contributed by atoms with Crippen molar-refractivity contribution in [3.05, 3.63) is 48.0 Å². The number of aromatic nitrogens is 1. The number of nitrogens with two attached hydrogens (primary N) is 1. The summed E-state index contributed by atoms with van der Waals surface area (Å²) in [6.45, 7) is 7.40. The van der Waals surface area contributed by atoms with Crippen molar-refractivity contribution in [3.63, 3.8) is 0 Å². The summed E-state index contributed by atoms with van der Waals surface area (Å²) in [5, 5.41) is 0.945. The Kier molecular flexibility index (Phi) is 5.31. The van der Waals surface area contributed by atoms with Gasteiger partial charge in [0.05, 0.1) is 10.2 Å². The molecule has 1 aromatic heterocycles. The average molecular weight is 355 g/mol. The minimum Gasteiger partial charge on any atom is -0.411 e. The highest BCUT2D eigenvalue weighted by molar-refractivity contribution is 7.21. The highest BCUT2D eigenvalue weighted by Crippen LogP contribution is 2.31. The minimum atomic E-state index is -0.812. The third kappa shape index (κ3) is 4.15. The maximum atomic E-state index is 10.8. The van der Waals surface area contributed by atoms with Gasteiger partial charge in [0, 0.05) is 12.1 Å². The first kappa shape index (κ1) is 17.4. The zero-order chi connectivity index (χ0) is 17.8. The summed E-state index contributed by atoms with van der Waals surface area (Å²) in [5.41, 5.74) is 8.31. The summed E-state index contributed by atoms with van der Waals surface area (Å²) in [4.78, 5) is 17.9. The van der Waals surface area contributed by atoms with Crippen LogP contribution in [0.1, 0.15) is 19.4 Å². The molecule has 130 valence electrons. The van der Waals surface area contributed by atoms with E-state index in [1.165, 1.54) is 10.3 Å². The van der Waals surface area contributed by atoms with Gasteiger partial charge in [0.1, 0.15) is 10.8 Å². The summed E-state index contributed by atoms with van der Waals surface area (Å²) in [6, 6.07) is 13.7. The molecular formula is C19H21N3O2S. The van der Waals surface area contributed by atoms with Gasteiger partial charge in [-0.3, -0.25) is 4.90 Å². The van der Waals surface area contributed by atoms with E-state index in [0.717, 1.165) is 35.7 Å². The van der Waals surface area contributed by atoms with Gasteiger partial charge in [0.15, 0.2) is 0 Å². The van der Waals surface area contributed by atoms with Crippen LogP contribution in [0.15, 0.2) is 42.5 Å². The van der Waals surface area contributed by atoms with Gasteiger partial charge in [-0.2, -0.15) is 0 Å². The van der Waals surface area contributed by atoms with Crippen molar-refractivity contribution in [2.45, 2.75) is 20.4 Å². The molecule has 0 radical (unpaired) electrons. The lowest BCUT2D eigenvalue weighted by molar-refractivity contribution is 0.211. The van der Waals surface area contributed by atoms with Crippen LogP contribution in [0.25, 0.3) is 20.8 Å². The number of primary amides is 1. The minimum absolute atomic E-state index is 0.430. The van der Waals surface area contributed by atoms with E-state index in [4.69, 9.17) is 15.5 Å². The van der Waals surface area contributed by atoms with Gasteiger partial charge in [-0.15, -0.1) is 11.3 Å². The molecule has 0 unspecified atom stereocenters. The van der Waals surface area contributed by atoms with Crippen molar-refractivity contribution < 1.29 is 9.53 Å². The van der Waals surface area contributed by atoms with E-state index in [-0.39, 0.29) is 0 Å². The second-order valence-corrected chi connectivity index (χ2v) is 6.76. The third-order valence-corrected chi connectivity index (χ3v) is 5.14. The van der Waals surface area contributed by atoms with Crippen molar-refractivity contribution in [1.29, 1.82) is 0 Å². The van der Waals surface area contributed by atoms with E-state index in [1.54, 1.807) is 23.5 Å². The molecule has 1 amide bonds. The van der Waals surface area contributed by atoms with Crippen LogP contribution in [0.5, 0.6) is 5.75 Å². The molecule has 0 aliphatic carbocycles. The van der Waals surface area contributed by atoms with Crippen LogP contribution in [-0.2, 0) is 6.54 Å². The number of rotatable bonds is 6. The molecule has 0 saturated carbocycles. The number of hydrogen-bond acceptors (Lipinski definition) is 5. The quantitative estimate of drug-likeness (QED) is 0.717. The Bertz CT molecular complexity index is 870. The molecule has 3 aromatic rings. The highest BCUT2D eigenvalue weighted by Gasteiger charge is 2.09. The second-order valence-electron chi connectivity index (χ2n) is 5.73. The molecule has 0 aliphatic rings. The van der Waals surface area contributed by atoms with Crippen molar-refractivity contribution in [1.82, 2.24) is 9.88 Å². The van der Waals surface area contributed by atoms with Crippen molar-refractivity contribution in [3.8, 4) is 16.3 Å².